The van der Waals surface area contributed by atoms with Gasteiger partial charge >= 0.3 is 5.69 Å². The second-order valence-electron chi connectivity index (χ2n) is 4.62. The SMILES string of the molecule is CCCCn1c(N)c(NC=O)c(=O)n(CCCC)c1=O. The molecule has 0 unspecified atom stereocenters. The van der Waals surface area contributed by atoms with Crippen molar-refractivity contribution in [2.24, 2.45) is 0 Å². The molecule has 0 radical (unpaired) electrons. The number of aromatic nitrogens is 2. The first-order valence-corrected chi connectivity index (χ1v) is 6.91. The molecule has 0 fully saturated rings. The molecule has 112 valence electrons. The number of amides is 1. The summed E-state index contributed by atoms with van der Waals surface area (Å²) < 4.78 is 2.49. The van der Waals surface area contributed by atoms with Gasteiger partial charge in [0.25, 0.3) is 5.56 Å². The first kappa shape index (κ1) is 16.0. The molecule has 1 aromatic heterocycles. The second-order valence-corrected chi connectivity index (χ2v) is 4.62. The monoisotopic (exact) mass is 282 g/mol. The van der Waals surface area contributed by atoms with E-state index in [2.05, 4.69) is 5.32 Å². The summed E-state index contributed by atoms with van der Waals surface area (Å²) in [6.07, 6.45) is 3.65. The van der Waals surface area contributed by atoms with E-state index in [1.165, 1.54) is 4.57 Å². The molecule has 0 aliphatic carbocycles. The number of rotatable bonds is 8. The van der Waals surface area contributed by atoms with Gasteiger partial charge in [-0.15, -0.1) is 0 Å². The van der Waals surface area contributed by atoms with E-state index in [0.717, 1.165) is 23.8 Å². The third kappa shape index (κ3) is 3.28. The van der Waals surface area contributed by atoms with Crippen molar-refractivity contribution in [3.8, 4) is 0 Å². The van der Waals surface area contributed by atoms with Crippen molar-refractivity contribution in [2.45, 2.75) is 52.6 Å². The Labute approximate surface area is 117 Å². The van der Waals surface area contributed by atoms with Gasteiger partial charge in [-0.1, -0.05) is 26.7 Å². The minimum absolute atomic E-state index is 0.0215. The average Bonchev–Trinajstić information content (AvgIpc) is 2.43. The zero-order valence-electron chi connectivity index (χ0n) is 12.0. The summed E-state index contributed by atoms with van der Waals surface area (Å²) in [7, 11) is 0. The fourth-order valence-corrected chi connectivity index (χ4v) is 1.96. The molecule has 0 saturated heterocycles. The molecule has 20 heavy (non-hydrogen) atoms. The van der Waals surface area contributed by atoms with Gasteiger partial charge in [0.15, 0.2) is 0 Å². The van der Waals surface area contributed by atoms with Gasteiger partial charge in [0.2, 0.25) is 6.41 Å². The molecule has 0 aliphatic heterocycles. The van der Waals surface area contributed by atoms with E-state index in [1.807, 2.05) is 13.8 Å². The van der Waals surface area contributed by atoms with Crippen molar-refractivity contribution >= 4 is 17.9 Å². The predicted molar refractivity (Wildman–Crippen MR) is 78.9 cm³/mol. The Morgan fingerprint density at radius 2 is 1.65 bits per heavy atom. The standard InChI is InChI=1S/C13H22N4O3/c1-3-5-7-16-11(14)10(15-9-18)12(19)17(13(16)20)8-6-4-2/h9H,3-8,14H2,1-2H3,(H,15,18). The van der Waals surface area contributed by atoms with Crippen molar-refractivity contribution in [3.63, 3.8) is 0 Å². The van der Waals surface area contributed by atoms with Gasteiger partial charge in [0, 0.05) is 13.1 Å². The second kappa shape index (κ2) is 7.52. The lowest BCUT2D eigenvalue weighted by Gasteiger charge is -2.15. The van der Waals surface area contributed by atoms with Crippen LogP contribution in [0.15, 0.2) is 9.59 Å². The number of nitrogens with one attached hydrogen (secondary N) is 1. The molecule has 0 bridgehead atoms. The normalized spacial score (nSPS) is 10.5. The maximum Gasteiger partial charge on any atom is 0.332 e. The molecule has 7 heteroatoms. The molecule has 0 aromatic carbocycles. The zero-order valence-corrected chi connectivity index (χ0v) is 12.0. The van der Waals surface area contributed by atoms with Gasteiger partial charge in [0.05, 0.1) is 0 Å². The molecule has 0 atom stereocenters. The summed E-state index contributed by atoms with van der Waals surface area (Å²) in [4.78, 5) is 35.1. The van der Waals surface area contributed by atoms with Gasteiger partial charge in [-0.05, 0) is 12.8 Å². The Hall–Kier alpha value is -2.05. The molecule has 1 heterocycles. The first-order chi connectivity index (χ1) is 9.58. The van der Waals surface area contributed by atoms with Crippen molar-refractivity contribution < 1.29 is 4.79 Å². The van der Waals surface area contributed by atoms with Gasteiger partial charge in [-0.3, -0.25) is 18.7 Å². The minimum atomic E-state index is -0.541. The number of anilines is 2. The van der Waals surface area contributed by atoms with Crippen LogP contribution in [0.5, 0.6) is 0 Å². The molecule has 0 aliphatic rings. The Bertz CT molecular complexity index is 574. The highest BCUT2D eigenvalue weighted by molar-refractivity contribution is 5.77. The van der Waals surface area contributed by atoms with Crippen molar-refractivity contribution in [1.82, 2.24) is 9.13 Å². The molecular formula is C13H22N4O3. The van der Waals surface area contributed by atoms with Crippen LogP contribution in [0.1, 0.15) is 39.5 Å². The van der Waals surface area contributed by atoms with Gasteiger partial charge < -0.3 is 11.1 Å². The van der Waals surface area contributed by atoms with E-state index < -0.39 is 11.2 Å². The summed E-state index contributed by atoms with van der Waals surface area (Å²) in [6.45, 7) is 4.73. The lowest BCUT2D eigenvalue weighted by atomic mass is 10.3. The third-order valence-corrected chi connectivity index (χ3v) is 3.14. The van der Waals surface area contributed by atoms with Gasteiger partial charge in [-0.2, -0.15) is 0 Å². The Kier molecular flexibility index (Phi) is 6.02. The van der Waals surface area contributed by atoms with Crippen LogP contribution in [0.4, 0.5) is 11.5 Å². The lowest BCUT2D eigenvalue weighted by molar-refractivity contribution is -0.105. The Balaban J connectivity index is 3.42. The maximum atomic E-state index is 12.3. The number of carbonyl (C=O) groups excluding carboxylic acids is 1. The maximum absolute atomic E-state index is 12.3. The van der Waals surface area contributed by atoms with E-state index >= 15 is 0 Å². The summed E-state index contributed by atoms with van der Waals surface area (Å²) in [5.74, 6) is 0.0216. The van der Waals surface area contributed by atoms with Gasteiger partial charge in [-0.25, -0.2) is 4.79 Å². The fraction of sp³-hybridized carbons (Fsp3) is 0.615. The van der Waals surface area contributed by atoms with Crippen LogP contribution < -0.4 is 22.3 Å². The van der Waals surface area contributed by atoms with Crippen LogP contribution >= 0.6 is 0 Å². The summed E-state index contributed by atoms with van der Waals surface area (Å²) in [5.41, 5.74) is 4.86. The van der Waals surface area contributed by atoms with E-state index in [0.29, 0.717) is 25.9 Å². The molecular weight excluding hydrogens is 260 g/mol. The summed E-state index contributed by atoms with van der Waals surface area (Å²) >= 11 is 0. The van der Waals surface area contributed by atoms with E-state index in [9.17, 15) is 14.4 Å². The molecule has 0 saturated carbocycles. The molecule has 1 amide bonds. The van der Waals surface area contributed by atoms with E-state index in [-0.39, 0.29) is 11.5 Å². The zero-order chi connectivity index (χ0) is 15.1. The van der Waals surface area contributed by atoms with E-state index in [1.54, 1.807) is 0 Å². The van der Waals surface area contributed by atoms with Crippen molar-refractivity contribution in [2.75, 3.05) is 11.1 Å². The molecule has 7 nitrogen and oxygen atoms in total. The minimum Gasteiger partial charge on any atom is -0.383 e. The van der Waals surface area contributed by atoms with Crippen LogP contribution in [0, 0.1) is 0 Å². The number of nitrogen functional groups attached to an aromatic ring is 1. The van der Waals surface area contributed by atoms with Crippen LogP contribution in [-0.4, -0.2) is 15.5 Å². The summed E-state index contributed by atoms with van der Waals surface area (Å²) in [5, 5.41) is 2.31. The molecule has 0 spiro atoms. The number of hydrogen-bond acceptors (Lipinski definition) is 4. The number of nitrogens with zero attached hydrogens (tertiary/aromatic N) is 2. The molecule has 1 rings (SSSR count). The average molecular weight is 282 g/mol. The number of nitrogens with two attached hydrogens (primary N) is 1. The van der Waals surface area contributed by atoms with Crippen LogP contribution in [0.3, 0.4) is 0 Å². The van der Waals surface area contributed by atoms with E-state index in [4.69, 9.17) is 5.73 Å². The summed E-state index contributed by atoms with van der Waals surface area (Å²) in [6, 6.07) is 0. The fourth-order valence-electron chi connectivity index (χ4n) is 1.96. The highest BCUT2D eigenvalue weighted by Crippen LogP contribution is 2.11. The number of carbonyl (C=O) groups is 1. The van der Waals surface area contributed by atoms with Crippen molar-refractivity contribution in [1.29, 1.82) is 0 Å². The highest BCUT2D eigenvalue weighted by Gasteiger charge is 2.16. The van der Waals surface area contributed by atoms with Crippen LogP contribution in [0.25, 0.3) is 0 Å². The largest absolute Gasteiger partial charge is 0.383 e. The van der Waals surface area contributed by atoms with Crippen LogP contribution in [-0.2, 0) is 17.9 Å². The van der Waals surface area contributed by atoms with Crippen LogP contribution in [0.2, 0.25) is 0 Å². The first-order valence-electron chi connectivity index (χ1n) is 6.91. The third-order valence-electron chi connectivity index (χ3n) is 3.14. The van der Waals surface area contributed by atoms with Gasteiger partial charge in [0.1, 0.15) is 11.5 Å². The van der Waals surface area contributed by atoms with Crippen molar-refractivity contribution in [3.05, 3.63) is 20.8 Å². The Morgan fingerprint density at radius 1 is 1.10 bits per heavy atom. The highest BCUT2D eigenvalue weighted by atomic mass is 16.2. The molecule has 1 aromatic rings. The predicted octanol–water partition coefficient (Wildman–Crippen LogP) is 0.761. The Morgan fingerprint density at radius 3 is 2.15 bits per heavy atom. The number of unbranched alkanes of at least 4 members (excludes halogenated alkanes) is 2. The smallest absolute Gasteiger partial charge is 0.332 e. The topological polar surface area (TPSA) is 99.1 Å². The quantitative estimate of drug-likeness (QED) is 0.688. The molecule has 3 N–H and O–H groups in total. The number of hydrogen-bond donors (Lipinski definition) is 2. The lowest BCUT2D eigenvalue weighted by Crippen LogP contribution is -2.42.